The maximum atomic E-state index is 11.5. The number of rotatable bonds is 16. The van der Waals surface area contributed by atoms with Gasteiger partial charge in [0.05, 0.1) is 21.1 Å². The summed E-state index contributed by atoms with van der Waals surface area (Å²) in [6, 6.07) is -0.705. The second-order valence-electron chi connectivity index (χ2n) is 8.27. The van der Waals surface area contributed by atoms with E-state index in [4.69, 9.17) is 0 Å². The lowest BCUT2D eigenvalue weighted by Crippen LogP contribution is -3.02. The first kappa shape index (κ1) is 32.6. The highest BCUT2D eigenvalue weighted by atomic mass is 35.5. The molecule has 0 aliphatic carbocycles. The quantitative estimate of drug-likeness (QED) is 0.324. The fourth-order valence-electron chi connectivity index (χ4n) is 2.74. The Morgan fingerprint density at radius 3 is 1.59 bits per heavy atom. The lowest BCUT2D eigenvalue weighted by molar-refractivity contribution is -0.836. The van der Waals surface area contributed by atoms with E-state index in [-0.39, 0.29) is 24.9 Å². The number of aliphatic carboxylic acids is 1. The van der Waals surface area contributed by atoms with E-state index < -0.39 is 12.0 Å². The van der Waals surface area contributed by atoms with E-state index in [9.17, 15) is 14.7 Å². The van der Waals surface area contributed by atoms with Crippen LogP contribution in [0.3, 0.4) is 0 Å². The predicted molar refractivity (Wildman–Crippen MR) is 123 cm³/mol. The molecule has 0 rings (SSSR count). The van der Waals surface area contributed by atoms with E-state index in [0.717, 1.165) is 12.8 Å². The molecule has 0 unspecified atom stereocenters. The number of carboxylic acids is 1. The van der Waals surface area contributed by atoms with Gasteiger partial charge in [0, 0.05) is 25.0 Å². The number of carbonyl (C=O) groups is 2. The van der Waals surface area contributed by atoms with Crippen molar-refractivity contribution in [1.29, 1.82) is 0 Å². The van der Waals surface area contributed by atoms with Crippen LogP contribution in [-0.4, -0.2) is 45.7 Å². The molecule has 0 aliphatic rings. The van der Waals surface area contributed by atoms with Crippen molar-refractivity contribution in [2.45, 2.75) is 103 Å². The van der Waals surface area contributed by atoms with Crippen LogP contribution < -0.4 is 20.6 Å². The Morgan fingerprint density at radius 1 is 0.828 bits per heavy atom. The average molecular weight is 438 g/mol. The van der Waals surface area contributed by atoms with Gasteiger partial charge in [-0.15, -0.1) is 12.4 Å². The van der Waals surface area contributed by atoms with Crippen LogP contribution >= 0.6 is 12.4 Å². The van der Waals surface area contributed by atoms with Crippen LogP contribution in [0.5, 0.6) is 0 Å². The molecule has 6 nitrogen and oxygen atoms in total. The van der Waals surface area contributed by atoms with Crippen LogP contribution in [0, 0.1) is 0 Å². The zero-order valence-electron chi connectivity index (χ0n) is 19.6. The van der Waals surface area contributed by atoms with Gasteiger partial charge in [-0.2, -0.15) is 0 Å². The lowest BCUT2D eigenvalue weighted by atomic mass is 10.1. The second kappa shape index (κ2) is 25.0. The van der Waals surface area contributed by atoms with Crippen molar-refractivity contribution in [2.75, 3.05) is 27.7 Å². The highest BCUT2D eigenvalue weighted by Crippen LogP contribution is 2.11. The Labute approximate surface area is 186 Å². The summed E-state index contributed by atoms with van der Waals surface area (Å²) in [6.45, 7) is 4.54. The number of carboxylic acid groups (broad SMARTS) is 1. The van der Waals surface area contributed by atoms with Crippen molar-refractivity contribution in [1.82, 2.24) is 10.6 Å². The Bertz CT molecular complexity index is 366. The Balaban J connectivity index is -0.00000123. The van der Waals surface area contributed by atoms with Crippen LogP contribution in [0.2, 0.25) is 0 Å². The van der Waals surface area contributed by atoms with Gasteiger partial charge < -0.3 is 25.4 Å². The highest BCUT2D eigenvalue weighted by Gasteiger charge is 2.06. The van der Waals surface area contributed by atoms with E-state index in [1.54, 1.807) is 6.92 Å². The summed E-state index contributed by atoms with van der Waals surface area (Å²) in [5.74, 6) is -1.15. The van der Waals surface area contributed by atoms with Gasteiger partial charge >= 0.3 is 6.03 Å². The third kappa shape index (κ3) is 34.9. The molecule has 176 valence electrons. The van der Waals surface area contributed by atoms with E-state index in [1.807, 2.05) is 0 Å². The molecule has 0 radical (unpaired) electrons. The van der Waals surface area contributed by atoms with Crippen molar-refractivity contribution < 1.29 is 19.6 Å². The third-order valence-corrected chi connectivity index (χ3v) is 4.17. The molecule has 2 amide bonds. The first-order valence-corrected chi connectivity index (χ1v) is 11.3. The second-order valence-corrected chi connectivity index (χ2v) is 8.27. The first-order valence-electron chi connectivity index (χ1n) is 11.3. The number of unbranched alkanes of at least 4 members (excludes halogenated alkanes) is 11. The number of halogens is 1. The van der Waals surface area contributed by atoms with Crippen molar-refractivity contribution in [3.05, 3.63) is 0 Å². The molecule has 0 aliphatic heterocycles. The van der Waals surface area contributed by atoms with E-state index in [2.05, 4.69) is 38.7 Å². The molecular weight excluding hydrogens is 390 g/mol. The smallest absolute Gasteiger partial charge is 0.315 e. The maximum absolute atomic E-state index is 11.5. The summed E-state index contributed by atoms with van der Waals surface area (Å²) in [5, 5.41) is 15.7. The van der Waals surface area contributed by atoms with Crippen LogP contribution in [0.1, 0.15) is 97.3 Å². The SMILES string of the molecule is CCCCCCCCCCCCCCNC(=O)N[C@H](C)CC(=O)[O-].C[NH+](C)C.Cl. The standard InChI is InChI=1S/C19H38N2O3.C3H9N.ClH/c1-3-4-5-6-7-8-9-10-11-12-13-14-15-20-19(24)21-17(2)16-18(22)23;1-4(2)3;/h17H,3-16H2,1-2H3,(H,22,23)(H2,20,21,24);1-3H3;1H/t17-;;/m1../s1. The normalized spacial score (nSPS) is 11.1. The number of amides is 2. The van der Waals surface area contributed by atoms with Gasteiger partial charge in [0.15, 0.2) is 0 Å². The molecule has 3 N–H and O–H groups in total. The maximum Gasteiger partial charge on any atom is 0.315 e. The van der Waals surface area contributed by atoms with E-state index >= 15 is 0 Å². The number of hydrogen-bond acceptors (Lipinski definition) is 3. The van der Waals surface area contributed by atoms with Gasteiger partial charge in [0.2, 0.25) is 0 Å². The monoisotopic (exact) mass is 437 g/mol. The molecule has 0 aromatic heterocycles. The van der Waals surface area contributed by atoms with Crippen LogP contribution in [0.25, 0.3) is 0 Å². The summed E-state index contributed by atoms with van der Waals surface area (Å²) in [5.41, 5.74) is 0. The van der Waals surface area contributed by atoms with Crippen molar-refractivity contribution in [3.8, 4) is 0 Å². The van der Waals surface area contributed by atoms with Crippen molar-refractivity contribution in [2.24, 2.45) is 0 Å². The molecule has 29 heavy (non-hydrogen) atoms. The zero-order valence-corrected chi connectivity index (χ0v) is 20.4. The first-order chi connectivity index (χ1) is 13.3. The number of nitrogens with one attached hydrogen (secondary N) is 3. The molecule has 0 spiro atoms. The number of hydrogen-bond donors (Lipinski definition) is 3. The van der Waals surface area contributed by atoms with Gasteiger partial charge in [-0.3, -0.25) is 0 Å². The molecule has 0 aromatic carbocycles. The van der Waals surface area contributed by atoms with E-state index in [0.29, 0.717) is 6.54 Å². The lowest BCUT2D eigenvalue weighted by Gasteiger charge is -2.14. The van der Waals surface area contributed by atoms with Gasteiger partial charge in [-0.1, -0.05) is 77.6 Å². The van der Waals surface area contributed by atoms with Gasteiger partial charge in [0.1, 0.15) is 0 Å². The minimum Gasteiger partial charge on any atom is -0.550 e. The van der Waals surface area contributed by atoms with Crippen molar-refractivity contribution >= 4 is 24.4 Å². The predicted octanol–water partition coefficient (Wildman–Crippen LogP) is 2.70. The molecule has 0 heterocycles. The van der Waals surface area contributed by atoms with Crippen LogP contribution in [0.15, 0.2) is 0 Å². The number of carbonyl (C=O) groups excluding carboxylic acids is 2. The molecular formula is C22H48ClN3O3. The Morgan fingerprint density at radius 2 is 1.21 bits per heavy atom. The summed E-state index contributed by atoms with van der Waals surface area (Å²) in [6.07, 6.45) is 15.3. The minimum absolute atomic E-state index is 0. The molecule has 0 fully saturated rings. The van der Waals surface area contributed by atoms with Crippen LogP contribution in [-0.2, 0) is 4.79 Å². The molecule has 1 atom stereocenters. The Hall–Kier alpha value is -1.01. The number of urea groups is 1. The molecule has 0 aromatic rings. The third-order valence-electron chi connectivity index (χ3n) is 4.17. The van der Waals surface area contributed by atoms with Crippen LogP contribution in [0.4, 0.5) is 4.79 Å². The fourth-order valence-corrected chi connectivity index (χ4v) is 2.74. The summed E-state index contributed by atoms with van der Waals surface area (Å²) in [4.78, 5) is 23.3. The summed E-state index contributed by atoms with van der Waals surface area (Å²) < 4.78 is 0. The molecule has 7 heteroatoms. The van der Waals surface area contributed by atoms with Gasteiger partial charge in [0.25, 0.3) is 0 Å². The summed E-state index contributed by atoms with van der Waals surface area (Å²) in [7, 11) is 6.25. The summed E-state index contributed by atoms with van der Waals surface area (Å²) >= 11 is 0. The Kier molecular flexibility index (Phi) is 28.2. The molecule has 0 saturated carbocycles. The largest absolute Gasteiger partial charge is 0.550 e. The topological polar surface area (TPSA) is 85.7 Å². The highest BCUT2D eigenvalue weighted by molar-refractivity contribution is 5.85. The van der Waals surface area contributed by atoms with E-state index in [1.165, 1.54) is 69.1 Å². The van der Waals surface area contributed by atoms with Crippen molar-refractivity contribution in [3.63, 3.8) is 0 Å². The van der Waals surface area contributed by atoms with Gasteiger partial charge in [-0.25, -0.2) is 4.79 Å². The number of quaternary nitrogens is 1. The molecule has 0 saturated heterocycles. The fraction of sp³-hybridized carbons (Fsp3) is 0.909. The average Bonchev–Trinajstić information content (AvgIpc) is 2.57. The van der Waals surface area contributed by atoms with Gasteiger partial charge in [-0.05, 0) is 13.3 Å². The zero-order chi connectivity index (χ0) is 21.6. The minimum atomic E-state index is -1.15. The molecule has 0 bridgehead atoms.